The molecule has 1 amide bonds. The van der Waals surface area contributed by atoms with Crippen molar-refractivity contribution >= 4 is 16.8 Å². The number of ether oxygens (including phenoxy) is 2. The minimum Gasteiger partial charge on any atom is -0.493 e. The molecule has 0 atom stereocenters. The second-order valence-electron chi connectivity index (χ2n) is 5.66. The van der Waals surface area contributed by atoms with Crippen LogP contribution >= 0.6 is 0 Å². The standard InChI is InChI=1S/C20H22N2O3/c1-3-25-18-9-8-14(12-19(18)24-2)20(23)21-11-10-15-13-22-17-7-5-4-6-16(15)17/h4-9,12-13,22H,3,10-11H2,1-2H3,(H,21,23). The van der Waals surface area contributed by atoms with Gasteiger partial charge in [0.1, 0.15) is 0 Å². The summed E-state index contributed by atoms with van der Waals surface area (Å²) < 4.78 is 10.8. The van der Waals surface area contributed by atoms with Gasteiger partial charge in [-0.2, -0.15) is 0 Å². The number of aromatic nitrogens is 1. The van der Waals surface area contributed by atoms with E-state index in [0.717, 1.165) is 11.9 Å². The molecule has 2 aromatic carbocycles. The molecule has 0 unspecified atom stereocenters. The van der Waals surface area contributed by atoms with Gasteiger partial charge in [-0.15, -0.1) is 0 Å². The minimum absolute atomic E-state index is 0.124. The van der Waals surface area contributed by atoms with Crippen LogP contribution in [0.2, 0.25) is 0 Å². The van der Waals surface area contributed by atoms with Crippen LogP contribution in [0.4, 0.5) is 0 Å². The van der Waals surface area contributed by atoms with Gasteiger partial charge in [0.25, 0.3) is 5.91 Å². The predicted octanol–water partition coefficient (Wildman–Crippen LogP) is 3.55. The number of carbonyl (C=O) groups excluding carboxylic acids is 1. The number of benzene rings is 2. The van der Waals surface area contributed by atoms with Crippen molar-refractivity contribution < 1.29 is 14.3 Å². The first kappa shape index (κ1) is 16.9. The maximum Gasteiger partial charge on any atom is 0.251 e. The third-order valence-corrected chi connectivity index (χ3v) is 4.08. The zero-order valence-corrected chi connectivity index (χ0v) is 14.5. The van der Waals surface area contributed by atoms with E-state index in [9.17, 15) is 4.79 Å². The Bertz CT molecular complexity index is 870. The highest BCUT2D eigenvalue weighted by Gasteiger charge is 2.11. The number of nitrogens with one attached hydrogen (secondary N) is 2. The number of fused-ring (bicyclic) bond motifs is 1. The Morgan fingerprint density at radius 3 is 2.80 bits per heavy atom. The first-order valence-electron chi connectivity index (χ1n) is 8.37. The maximum absolute atomic E-state index is 12.4. The van der Waals surface area contributed by atoms with Crippen molar-refractivity contribution in [3.05, 3.63) is 59.8 Å². The van der Waals surface area contributed by atoms with E-state index < -0.39 is 0 Å². The van der Waals surface area contributed by atoms with Crippen LogP contribution in [0.5, 0.6) is 11.5 Å². The molecular formula is C20H22N2O3. The molecular weight excluding hydrogens is 316 g/mol. The highest BCUT2D eigenvalue weighted by molar-refractivity contribution is 5.95. The van der Waals surface area contributed by atoms with Gasteiger partial charge in [-0.1, -0.05) is 18.2 Å². The molecule has 5 nitrogen and oxygen atoms in total. The molecule has 2 N–H and O–H groups in total. The third kappa shape index (κ3) is 3.76. The Kier molecular flexibility index (Phi) is 5.23. The summed E-state index contributed by atoms with van der Waals surface area (Å²) in [5.41, 5.74) is 2.86. The first-order valence-corrected chi connectivity index (χ1v) is 8.37. The molecule has 0 aliphatic rings. The van der Waals surface area contributed by atoms with Crippen LogP contribution in [0.25, 0.3) is 10.9 Å². The number of amides is 1. The number of H-pyrrole nitrogens is 1. The summed E-state index contributed by atoms with van der Waals surface area (Å²) in [6.45, 7) is 3.02. The minimum atomic E-state index is -0.124. The molecule has 0 aliphatic carbocycles. The van der Waals surface area contributed by atoms with E-state index in [2.05, 4.69) is 16.4 Å². The maximum atomic E-state index is 12.4. The first-order chi connectivity index (χ1) is 12.2. The zero-order chi connectivity index (χ0) is 17.6. The Labute approximate surface area is 147 Å². The van der Waals surface area contributed by atoms with Crippen molar-refractivity contribution in [3.8, 4) is 11.5 Å². The molecule has 1 heterocycles. The lowest BCUT2D eigenvalue weighted by atomic mass is 10.1. The smallest absolute Gasteiger partial charge is 0.251 e. The van der Waals surface area contributed by atoms with Crippen LogP contribution in [-0.4, -0.2) is 31.2 Å². The number of para-hydroxylation sites is 1. The van der Waals surface area contributed by atoms with Crippen LogP contribution in [0.3, 0.4) is 0 Å². The van der Waals surface area contributed by atoms with E-state index in [-0.39, 0.29) is 5.91 Å². The normalized spacial score (nSPS) is 10.6. The fourth-order valence-electron chi connectivity index (χ4n) is 2.83. The fraction of sp³-hybridized carbons (Fsp3) is 0.250. The second kappa shape index (κ2) is 7.75. The molecule has 1 aromatic heterocycles. The summed E-state index contributed by atoms with van der Waals surface area (Å²) in [4.78, 5) is 15.6. The summed E-state index contributed by atoms with van der Waals surface area (Å²) in [5, 5.41) is 4.15. The molecule has 5 heteroatoms. The van der Waals surface area contributed by atoms with Gasteiger partial charge in [0, 0.05) is 29.2 Å². The molecule has 0 saturated carbocycles. The van der Waals surface area contributed by atoms with Crippen LogP contribution < -0.4 is 14.8 Å². The number of hydrogen-bond acceptors (Lipinski definition) is 3. The third-order valence-electron chi connectivity index (χ3n) is 4.08. The highest BCUT2D eigenvalue weighted by atomic mass is 16.5. The van der Waals surface area contributed by atoms with Crippen LogP contribution in [0, 0.1) is 0 Å². The van der Waals surface area contributed by atoms with E-state index in [4.69, 9.17) is 9.47 Å². The molecule has 25 heavy (non-hydrogen) atoms. The summed E-state index contributed by atoms with van der Waals surface area (Å²) in [5.74, 6) is 1.08. The van der Waals surface area contributed by atoms with E-state index >= 15 is 0 Å². The molecule has 0 spiro atoms. The second-order valence-corrected chi connectivity index (χ2v) is 5.66. The average molecular weight is 338 g/mol. The molecule has 0 fully saturated rings. The predicted molar refractivity (Wildman–Crippen MR) is 98.5 cm³/mol. The van der Waals surface area contributed by atoms with Gasteiger partial charge in [-0.05, 0) is 43.2 Å². The molecule has 0 radical (unpaired) electrons. The topological polar surface area (TPSA) is 63.3 Å². The molecule has 3 aromatic rings. The van der Waals surface area contributed by atoms with E-state index in [1.165, 1.54) is 10.9 Å². The van der Waals surface area contributed by atoms with Crippen LogP contribution in [0.15, 0.2) is 48.7 Å². The van der Waals surface area contributed by atoms with Crippen molar-refractivity contribution in [1.82, 2.24) is 10.3 Å². The van der Waals surface area contributed by atoms with Crippen molar-refractivity contribution in [2.75, 3.05) is 20.3 Å². The van der Waals surface area contributed by atoms with Gasteiger partial charge in [0.15, 0.2) is 11.5 Å². The number of aromatic amines is 1. The van der Waals surface area contributed by atoms with Gasteiger partial charge in [0.2, 0.25) is 0 Å². The van der Waals surface area contributed by atoms with Gasteiger partial charge >= 0.3 is 0 Å². The summed E-state index contributed by atoms with van der Waals surface area (Å²) >= 11 is 0. The van der Waals surface area contributed by atoms with Crippen LogP contribution in [0.1, 0.15) is 22.8 Å². The molecule has 0 aliphatic heterocycles. The van der Waals surface area contributed by atoms with E-state index in [0.29, 0.717) is 30.2 Å². The molecule has 0 saturated heterocycles. The van der Waals surface area contributed by atoms with Crippen molar-refractivity contribution in [3.63, 3.8) is 0 Å². The van der Waals surface area contributed by atoms with E-state index in [1.54, 1.807) is 25.3 Å². The van der Waals surface area contributed by atoms with Crippen LogP contribution in [-0.2, 0) is 6.42 Å². The summed E-state index contributed by atoms with van der Waals surface area (Å²) in [6.07, 6.45) is 2.76. The monoisotopic (exact) mass is 338 g/mol. The SMILES string of the molecule is CCOc1ccc(C(=O)NCCc2c[nH]c3ccccc23)cc1OC. The summed E-state index contributed by atoms with van der Waals surface area (Å²) in [6, 6.07) is 13.4. The van der Waals surface area contributed by atoms with E-state index in [1.807, 2.05) is 31.3 Å². The Hall–Kier alpha value is -2.95. The highest BCUT2D eigenvalue weighted by Crippen LogP contribution is 2.28. The Morgan fingerprint density at radius 2 is 2.00 bits per heavy atom. The Balaban J connectivity index is 1.62. The molecule has 0 bridgehead atoms. The number of hydrogen-bond donors (Lipinski definition) is 2. The van der Waals surface area contributed by atoms with Crippen molar-refractivity contribution in [2.45, 2.75) is 13.3 Å². The van der Waals surface area contributed by atoms with Gasteiger partial charge in [-0.25, -0.2) is 0 Å². The zero-order valence-electron chi connectivity index (χ0n) is 14.5. The largest absolute Gasteiger partial charge is 0.493 e. The van der Waals surface area contributed by atoms with Gasteiger partial charge in [-0.3, -0.25) is 4.79 Å². The number of carbonyl (C=O) groups is 1. The molecule has 130 valence electrons. The molecule has 3 rings (SSSR count). The number of rotatable bonds is 7. The van der Waals surface area contributed by atoms with Gasteiger partial charge < -0.3 is 19.8 Å². The quantitative estimate of drug-likeness (QED) is 0.692. The average Bonchev–Trinajstić information content (AvgIpc) is 3.05. The van der Waals surface area contributed by atoms with Gasteiger partial charge in [0.05, 0.1) is 13.7 Å². The lowest BCUT2D eigenvalue weighted by molar-refractivity contribution is 0.0953. The lowest BCUT2D eigenvalue weighted by Crippen LogP contribution is -2.25. The van der Waals surface area contributed by atoms with Crippen molar-refractivity contribution in [2.24, 2.45) is 0 Å². The fourth-order valence-corrected chi connectivity index (χ4v) is 2.83. The lowest BCUT2D eigenvalue weighted by Gasteiger charge is -2.11. The Morgan fingerprint density at radius 1 is 1.16 bits per heavy atom. The van der Waals surface area contributed by atoms with Crippen molar-refractivity contribution in [1.29, 1.82) is 0 Å². The summed E-state index contributed by atoms with van der Waals surface area (Å²) in [7, 11) is 1.57. The number of methoxy groups -OCH3 is 1.